The molecule has 1 aliphatic rings. The van der Waals surface area contributed by atoms with Crippen LogP contribution in [0.3, 0.4) is 0 Å². The van der Waals surface area contributed by atoms with Gasteiger partial charge >= 0.3 is 0 Å². The van der Waals surface area contributed by atoms with Gasteiger partial charge in [-0.1, -0.05) is 5.16 Å². The van der Waals surface area contributed by atoms with Gasteiger partial charge in [-0.2, -0.15) is 4.98 Å². The van der Waals surface area contributed by atoms with Crippen molar-refractivity contribution in [3.63, 3.8) is 0 Å². The Morgan fingerprint density at radius 3 is 3.20 bits per heavy atom. The number of hydrogen-bond donors (Lipinski definition) is 2. The van der Waals surface area contributed by atoms with E-state index in [1.165, 1.54) is 12.8 Å². The zero-order valence-electron chi connectivity index (χ0n) is 8.94. The van der Waals surface area contributed by atoms with Crippen LogP contribution in [0.25, 0.3) is 0 Å². The lowest BCUT2D eigenvalue weighted by Crippen LogP contribution is -2.24. The van der Waals surface area contributed by atoms with Crippen LogP contribution in [0.1, 0.15) is 31.5 Å². The van der Waals surface area contributed by atoms with Crippen molar-refractivity contribution in [2.24, 2.45) is 0 Å². The van der Waals surface area contributed by atoms with Crippen molar-refractivity contribution in [1.82, 2.24) is 15.5 Å². The highest BCUT2D eigenvalue weighted by Gasteiger charge is 2.17. The van der Waals surface area contributed by atoms with Gasteiger partial charge in [0.25, 0.3) is 0 Å². The number of aliphatic hydroxyl groups is 1. The van der Waals surface area contributed by atoms with Crippen LogP contribution in [-0.2, 0) is 12.8 Å². The fourth-order valence-electron chi connectivity index (χ4n) is 1.86. The largest absolute Gasteiger partial charge is 0.393 e. The first-order chi connectivity index (χ1) is 7.24. The van der Waals surface area contributed by atoms with Crippen LogP contribution in [-0.4, -0.2) is 33.9 Å². The summed E-state index contributed by atoms with van der Waals surface area (Å²) in [5.41, 5.74) is 0. The van der Waals surface area contributed by atoms with E-state index in [1.807, 2.05) is 0 Å². The lowest BCUT2D eigenvalue weighted by molar-refractivity contribution is 0.181. The molecule has 0 bridgehead atoms. The third-order valence-corrected chi connectivity index (χ3v) is 2.57. The van der Waals surface area contributed by atoms with Crippen LogP contribution in [0, 0.1) is 0 Å². The maximum atomic E-state index is 9.16. The van der Waals surface area contributed by atoms with Gasteiger partial charge in [0.15, 0.2) is 5.82 Å². The monoisotopic (exact) mass is 211 g/mol. The Hall–Kier alpha value is -0.940. The number of aliphatic hydroxyl groups excluding tert-OH is 1. The molecule has 84 valence electrons. The van der Waals surface area contributed by atoms with E-state index in [4.69, 9.17) is 9.63 Å². The van der Waals surface area contributed by atoms with E-state index in [0.29, 0.717) is 18.4 Å². The molecular formula is C10H17N3O2. The molecule has 2 unspecified atom stereocenters. The molecule has 0 spiro atoms. The van der Waals surface area contributed by atoms with Gasteiger partial charge in [-0.05, 0) is 26.3 Å². The quantitative estimate of drug-likeness (QED) is 0.749. The molecule has 1 saturated heterocycles. The first kappa shape index (κ1) is 10.6. The molecule has 1 fully saturated rings. The van der Waals surface area contributed by atoms with Crippen molar-refractivity contribution in [2.45, 2.75) is 44.8 Å². The molecule has 2 atom stereocenters. The highest BCUT2D eigenvalue weighted by molar-refractivity contribution is 4.92. The molecule has 2 N–H and O–H groups in total. The Kier molecular flexibility index (Phi) is 3.33. The summed E-state index contributed by atoms with van der Waals surface area (Å²) in [6.07, 6.45) is 3.24. The highest BCUT2D eigenvalue weighted by atomic mass is 16.5. The Bertz CT molecular complexity index is 305. The maximum absolute atomic E-state index is 9.16. The zero-order chi connectivity index (χ0) is 10.7. The second-order valence-corrected chi connectivity index (χ2v) is 4.15. The van der Waals surface area contributed by atoms with Crippen molar-refractivity contribution in [3.8, 4) is 0 Å². The van der Waals surface area contributed by atoms with Gasteiger partial charge in [-0.25, -0.2) is 0 Å². The number of nitrogens with one attached hydrogen (secondary N) is 1. The van der Waals surface area contributed by atoms with Crippen LogP contribution in [0.2, 0.25) is 0 Å². The summed E-state index contributed by atoms with van der Waals surface area (Å²) in [6.45, 7) is 2.80. The molecule has 1 aliphatic heterocycles. The highest BCUT2D eigenvalue weighted by Crippen LogP contribution is 2.10. The molecule has 0 saturated carbocycles. The second-order valence-electron chi connectivity index (χ2n) is 4.15. The number of aromatic nitrogens is 2. The van der Waals surface area contributed by atoms with Gasteiger partial charge in [-0.15, -0.1) is 0 Å². The van der Waals surface area contributed by atoms with E-state index >= 15 is 0 Å². The molecule has 1 aromatic heterocycles. The first-order valence-corrected chi connectivity index (χ1v) is 5.47. The van der Waals surface area contributed by atoms with E-state index in [2.05, 4.69) is 15.5 Å². The zero-order valence-corrected chi connectivity index (χ0v) is 8.94. The molecule has 5 nitrogen and oxygen atoms in total. The van der Waals surface area contributed by atoms with Crippen LogP contribution >= 0.6 is 0 Å². The molecule has 2 heterocycles. The lowest BCUT2D eigenvalue weighted by atomic mass is 10.1. The van der Waals surface area contributed by atoms with Gasteiger partial charge in [-0.3, -0.25) is 0 Å². The predicted octanol–water partition coefficient (Wildman–Crippen LogP) is 0.287. The van der Waals surface area contributed by atoms with Crippen LogP contribution < -0.4 is 5.32 Å². The van der Waals surface area contributed by atoms with E-state index in [1.54, 1.807) is 6.92 Å². The minimum absolute atomic E-state index is 0.428. The summed E-state index contributed by atoms with van der Waals surface area (Å²) in [4.78, 5) is 4.24. The first-order valence-electron chi connectivity index (χ1n) is 5.47. The summed E-state index contributed by atoms with van der Waals surface area (Å²) in [5, 5.41) is 16.4. The standard InChI is InChI=1S/C10H17N3O2/c1-7(14)5-10-12-9(13-15-10)6-8-3-2-4-11-8/h7-8,11,14H,2-6H2,1H3. The average Bonchev–Trinajstić information content (AvgIpc) is 2.77. The van der Waals surface area contributed by atoms with Crippen LogP contribution in [0.5, 0.6) is 0 Å². The Balaban J connectivity index is 1.88. The van der Waals surface area contributed by atoms with Crippen LogP contribution in [0.4, 0.5) is 0 Å². The molecule has 0 amide bonds. The molecule has 2 rings (SSSR count). The summed E-state index contributed by atoms with van der Waals surface area (Å²) in [6, 6.07) is 0.488. The summed E-state index contributed by atoms with van der Waals surface area (Å²) < 4.78 is 5.04. The molecule has 1 aromatic rings. The topological polar surface area (TPSA) is 71.2 Å². The van der Waals surface area contributed by atoms with Gasteiger partial charge in [0.05, 0.1) is 12.5 Å². The molecule has 0 aliphatic carbocycles. The molecular weight excluding hydrogens is 194 g/mol. The van der Waals surface area contributed by atoms with Gasteiger partial charge in [0, 0.05) is 12.5 Å². The fraction of sp³-hybridized carbons (Fsp3) is 0.800. The number of nitrogens with zero attached hydrogens (tertiary/aromatic N) is 2. The van der Waals surface area contributed by atoms with Crippen molar-refractivity contribution in [3.05, 3.63) is 11.7 Å². The smallest absolute Gasteiger partial charge is 0.229 e. The lowest BCUT2D eigenvalue weighted by Gasteiger charge is -2.04. The third-order valence-electron chi connectivity index (χ3n) is 2.57. The Labute approximate surface area is 88.9 Å². The molecule has 0 radical (unpaired) electrons. The second kappa shape index (κ2) is 4.72. The summed E-state index contributed by atoms with van der Waals surface area (Å²) >= 11 is 0. The van der Waals surface area contributed by atoms with E-state index in [0.717, 1.165) is 18.8 Å². The van der Waals surface area contributed by atoms with Crippen molar-refractivity contribution < 1.29 is 9.63 Å². The Morgan fingerprint density at radius 2 is 2.53 bits per heavy atom. The van der Waals surface area contributed by atoms with Gasteiger partial charge in [0.1, 0.15) is 0 Å². The van der Waals surface area contributed by atoms with Gasteiger partial charge in [0.2, 0.25) is 5.89 Å². The fourth-order valence-corrected chi connectivity index (χ4v) is 1.86. The summed E-state index contributed by atoms with van der Waals surface area (Å²) in [5.74, 6) is 1.27. The molecule has 0 aromatic carbocycles. The summed E-state index contributed by atoms with van der Waals surface area (Å²) in [7, 11) is 0. The maximum Gasteiger partial charge on any atom is 0.229 e. The minimum atomic E-state index is -0.428. The Morgan fingerprint density at radius 1 is 1.67 bits per heavy atom. The molecule has 15 heavy (non-hydrogen) atoms. The molecule has 5 heteroatoms. The SMILES string of the molecule is CC(O)Cc1nc(CC2CCCN2)no1. The van der Waals surface area contributed by atoms with E-state index in [9.17, 15) is 0 Å². The minimum Gasteiger partial charge on any atom is -0.393 e. The van der Waals surface area contributed by atoms with Crippen molar-refractivity contribution >= 4 is 0 Å². The third kappa shape index (κ3) is 3.00. The number of rotatable bonds is 4. The van der Waals surface area contributed by atoms with Crippen LogP contribution in [0.15, 0.2) is 4.52 Å². The average molecular weight is 211 g/mol. The van der Waals surface area contributed by atoms with Crippen molar-refractivity contribution in [2.75, 3.05) is 6.54 Å². The van der Waals surface area contributed by atoms with E-state index < -0.39 is 6.10 Å². The normalized spacial score (nSPS) is 23.2. The van der Waals surface area contributed by atoms with Crippen molar-refractivity contribution in [1.29, 1.82) is 0 Å². The number of hydrogen-bond acceptors (Lipinski definition) is 5. The van der Waals surface area contributed by atoms with E-state index in [-0.39, 0.29) is 0 Å². The predicted molar refractivity (Wildman–Crippen MR) is 54.4 cm³/mol. The van der Waals surface area contributed by atoms with Gasteiger partial charge < -0.3 is 14.9 Å².